The van der Waals surface area contributed by atoms with Crippen LogP contribution < -0.4 is 19.1 Å². The molecule has 0 fully saturated rings. The second-order valence-electron chi connectivity index (χ2n) is 8.91. The number of hydrogen-bond donors (Lipinski definition) is 1. The van der Waals surface area contributed by atoms with Crippen molar-refractivity contribution in [2.24, 2.45) is 0 Å². The Kier molecular flexibility index (Phi) is 10.2. The van der Waals surface area contributed by atoms with Crippen LogP contribution in [0.4, 0.5) is 5.69 Å². The lowest BCUT2D eigenvalue weighted by Gasteiger charge is -2.33. The number of hydrogen-bond acceptors (Lipinski definition) is 6. The SMILES string of the molecule is CC[C@@H](C(=O)NC(C)C)N(Cc1cccc(C)c1)C(=O)CN(c1cc(OC)ccc1OC)S(C)(=O)=O. The first-order valence-electron chi connectivity index (χ1n) is 11.8. The van der Waals surface area contributed by atoms with Gasteiger partial charge in [0.05, 0.1) is 26.2 Å². The Labute approximate surface area is 214 Å². The number of anilines is 1. The Bertz CT molecular complexity index is 1170. The third kappa shape index (κ3) is 7.61. The van der Waals surface area contributed by atoms with Gasteiger partial charge in [-0.1, -0.05) is 36.8 Å². The van der Waals surface area contributed by atoms with Crippen LogP contribution in [0.5, 0.6) is 11.5 Å². The molecular formula is C26H37N3O6S. The van der Waals surface area contributed by atoms with Gasteiger partial charge in [-0.3, -0.25) is 13.9 Å². The number of carbonyl (C=O) groups is 2. The second-order valence-corrected chi connectivity index (χ2v) is 10.8. The van der Waals surface area contributed by atoms with Gasteiger partial charge in [0, 0.05) is 18.7 Å². The smallest absolute Gasteiger partial charge is 0.244 e. The fraction of sp³-hybridized carbons (Fsp3) is 0.462. The quantitative estimate of drug-likeness (QED) is 0.462. The van der Waals surface area contributed by atoms with Crippen LogP contribution in [0.1, 0.15) is 38.3 Å². The third-order valence-electron chi connectivity index (χ3n) is 5.59. The van der Waals surface area contributed by atoms with Gasteiger partial charge in [-0.2, -0.15) is 0 Å². The predicted octanol–water partition coefficient (Wildman–Crippen LogP) is 3.11. The Balaban J connectivity index is 2.53. The highest BCUT2D eigenvalue weighted by Gasteiger charge is 2.33. The lowest BCUT2D eigenvalue weighted by molar-refractivity contribution is -0.140. The van der Waals surface area contributed by atoms with E-state index >= 15 is 0 Å². The van der Waals surface area contributed by atoms with Gasteiger partial charge in [-0.15, -0.1) is 0 Å². The minimum absolute atomic E-state index is 0.115. The molecule has 0 saturated heterocycles. The van der Waals surface area contributed by atoms with Gasteiger partial charge in [0.15, 0.2) is 0 Å². The molecule has 198 valence electrons. The number of aryl methyl sites for hydroxylation is 1. The molecule has 2 rings (SSSR count). The Morgan fingerprint density at radius 3 is 2.28 bits per heavy atom. The maximum Gasteiger partial charge on any atom is 0.244 e. The van der Waals surface area contributed by atoms with Crippen molar-refractivity contribution in [1.29, 1.82) is 0 Å². The molecule has 0 unspecified atom stereocenters. The number of nitrogens with zero attached hydrogens (tertiary/aromatic N) is 2. The van der Waals surface area contributed by atoms with E-state index in [1.807, 2.05) is 52.0 Å². The molecule has 1 N–H and O–H groups in total. The number of carbonyl (C=O) groups excluding carboxylic acids is 2. The molecule has 36 heavy (non-hydrogen) atoms. The molecule has 0 aliphatic heterocycles. The summed E-state index contributed by atoms with van der Waals surface area (Å²) in [7, 11) is -1.03. The highest BCUT2D eigenvalue weighted by atomic mass is 32.2. The molecule has 0 spiro atoms. The first-order valence-corrected chi connectivity index (χ1v) is 13.6. The predicted molar refractivity (Wildman–Crippen MR) is 141 cm³/mol. The van der Waals surface area contributed by atoms with Gasteiger partial charge >= 0.3 is 0 Å². The standard InChI is InChI=1S/C26H37N3O6S/c1-8-22(26(31)27-18(2)3)28(16-20-11-9-10-19(4)14-20)25(30)17-29(36(7,32)33)23-15-21(34-5)12-13-24(23)35-6/h9-15,18,22H,8,16-17H2,1-7H3,(H,27,31)/t22-/m0/s1. The Morgan fingerprint density at radius 2 is 1.75 bits per heavy atom. The molecule has 2 amide bonds. The van der Waals surface area contributed by atoms with Crippen LogP contribution in [-0.4, -0.2) is 64.2 Å². The molecule has 2 aromatic carbocycles. The lowest BCUT2D eigenvalue weighted by atomic mass is 10.1. The number of rotatable bonds is 12. The molecule has 0 bridgehead atoms. The van der Waals surface area contributed by atoms with E-state index in [1.54, 1.807) is 12.1 Å². The first-order chi connectivity index (χ1) is 16.9. The molecule has 0 radical (unpaired) electrons. The monoisotopic (exact) mass is 519 g/mol. The molecule has 9 nitrogen and oxygen atoms in total. The van der Waals surface area contributed by atoms with E-state index in [0.717, 1.165) is 21.7 Å². The summed E-state index contributed by atoms with van der Waals surface area (Å²) in [5.41, 5.74) is 2.02. The number of amides is 2. The highest BCUT2D eigenvalue weighted by molar-refractivity contribution is 7.92. The van der Waals surface area contributed by atoms with Gasteiger partial charge in [0.2, 0.25) is 21.8 Å². The van der Waals surface area contributed by atoms with Gasteiger partial charge < -0.3 is 19.7 Å². The van der Waals surface area contributed by atoms with Crippen LogP contribution in [0.25, 0.3) is 0 Å². The van der Waals surface area contributed by atoms with Crippen molar-refractivity contribution < 1.29 is 27.5 Å². The number of benzene rings is 2. The molecule has 0 aromatic heterocycles. The summed E-state index contributed by atoms with van der Waals surface area (Å²) >= 11 is 0. The minimum atomic E-state index is -3.91. The summed E-state index contributed by atoms with van der Waals surface area (Å²) in [4.78, 5) is 28.3. The van der Waals surface area contributed by atoms with E-state index in [4.69, 9.17) is 9.47 Å². The van der Waals surface area contributed by atoms with Crippen molar-refractivity contribution in [3.63, 3.8) is 0 Å². The van der Waals surface area contributed by atoms with E-state index in [1.165, 1.54) is 25.2 Å². The first kappa shape index (κ1) is 29.0. The zero-order chi connectivity index (χ0) is 27.0. The summed E-state index contributed by atoms with van der Waals surface area (Å²) < 4.78 is 37.3. The van der Waals surface area contributed by atoms with E-state index in [9.17, 15) is 18.0 Å². The van der Waals surface area contributed by atoms with Crippen molar-refractivity contribution in [1.82, 2.24) is 10.2 Å². The van der Waals surface area contributed by atoms with Gasteiger partial charge in [0.1, 0.15) is 24.1 Å². The molecule has 10 heteroatoms. The molecule has 0 aliphatic carbocycles. The van der Waals surface area contributed by atoms with Crippen LogP contribution in [0, 0.1) is 6.92 Å². The zero-order valence-electron chi connectivity index (χ0n) is 22.1. The van der Waals surface area contributed by atoms with Gasteiger partial charge in [0.25, 0.3) is 0 Å². The van der Waals surface area contributed by atoms with Crippen LogP contribution in [-0.2, 0) is 26.2 Å². The average Bonchev–Trinajstić information content (AvgIpc) is 2.80. The molecule has 0 heterocycles. The molecule has 2 aromatic rings. The van der Waals surface area contributed by atoms with E-state index in [0.29, 0.717) is 12.2 Å². The lowest BCUT2D eigenvalue weighted by Crippen LogP contribution is -2.53. The average molecular weight is 520 g/mol. The van der Waals surface area contributed by atoms with Gasteiger partial charge in [-0.05, 0) is 44.9 Å². The van der Waals surface area contributed by atoms with Gasteiger partial charge in [-0.25, -0.2) is 8.42 Å². The summed E-state index contributed by atoms with van der Waals surface area (Å²) in [6.07, 6.45) is 1.38. The molecule has 1 atom stereocenters. The fourth-order valence-electron chi connectivity index (χ4n) is 3.89. The zero-order valence-corrected chi connectivity index (χ0v) is 22.9. The summed E-state index contributed by atoms with van der Waals surface area (Å²) in [6.45, 7) is 7.09. The van der Waals surface area contributed by atoms with E-state index < -0.39 is 28.5 Å². The third-order valence-corrected chi connectivity index (χ3v) is 6.71. The normalized spacial score (nSPS) is 12.1. The number of sulfonamides is 1. The summed E-state index contributed by atoms with van der Waals surface area (Å²) in [5.74, 6) is -0.133. The van der Waals surface area contributed by atoms with E-state index in [2.05, 4.69) is 5.32 Å². The Morgan fingerprint density at radius 1 is 1.06 bits per heavy atom. The summed E-state index contributed by atoms with van der Waals surface area (Å²) in [6, 6.07) is 11.5. The van der Waals surface area contributed by atoms with Crippen LogP contribution in [0.15, 0.2) is 42.5 Å². The highest BCUT2D eigenvalue weighted by Crippen LogP contribution is 2.34. The Hall–Kier alpha value is -3.27. The van der Waals surface area contributed by atoms with Crippen molar-refractivity contribution in [2.45, 2.75) is 52.7 Å². The largest absolute Gasteiger partial charge is 0.497 e. The second kappa shape index (κ2) is 12.6. The van der Waals surface area contributed by atoms with Crippen molar-refractivity contribution in [3.05, 3.63) is 53.6 Å². The molecular weight excluding hydrogens is 482 g/mol. The maximum atomic E-state index is 13.8. The van der Waals surface area contributed by atoms with Crippen LogP contribution in [0.3, 0.4) is 0 Å². The molecule has 0 aliphatic rings. The minimum Gasteiger partial charge on any atom is -0.497 e. The maximum absolute atomic E-state index is 13.8. The molecule has 0 saturated carbocycles. The van der Waals surface area contributed by atoms with Crippen molar-refractivity contribution in [2.75, 3.05) is 31.3 Å². The van der Waals surface area contributed by atoms with Crippen LogP contribution >= 0.6 is 0 Å². The van der Waals surface area contributed by atoms with Crippen molar-refractivity contribution >= 4 is 27.5 Å². The van der Waals surface area contributed by atoms with E-state index in [-0.39, 0.29) is 29.9 Å². The summed E-state index contributed by atoms with van der Waals surface area (Å²) in [5, 5.41) is 2.87. The number of methoxy groups -OCH3 is 2. The number of nitrogens with one attached hydrogen (secondary N) is 1. The van der Waals surface area contributed by atoms with Crippen molar-refractivity contribution in [3.8, 4) is 11.5 Å². The topological polar surface area (TPSA) is 105 Å². The van der Waals surface area contributed by atoms with Crippen LogP contribution in [0.2, 0.25) is 0 Å². The fourth-order valence-corrected chi connectivity index (χ4v) is 4.74. The number of ether oxygens (including phenoxy) is 2.